The van der Waals surface area contributed by atoms with E-state index in [9.17, 15) is 19.5 Å². The highest BCUT2D eigenvalue weighted by Crippen LogP contribution is 2.41. The Kier molecular flexibility index (Phi) is 6.62. The molecule has 1 atom stereocenters. The van der Waals surface area contributed by atoms with Crippen molar-refractivity contribution in [3.63, 3.8) is 0 Å². The summed E-state index contributed by atoms with van der Waals surface area (Å²) < 4.78 is 0. The smallest absolute Gasteiger partial charge is 0.306 e. The largest absolute Gasteiger partial charge is 0.481 e. The molecule has 0 aliphatic heterocycles. The van der Waals surface area contributed by atoms with Gasteiger partial charge in [0.15, 0.2) is 0 Å². The molecule has 2 aliphatic carbocycles. The molecule has 0 saturated heterocycles. The van der Waals surface area contributed by atoms with Crippen molar-refractivity contribution in [1.29, 1.82) is 0 Å². The zero-order chi connectivity index (χ0) is 18.4. The summed E-state index contributed by atoms with van der Waals surface area (Å²) in [5.41, 5.74) is -0.665. The van der Waals surface area contributed by atoms with Crippen LogP contribution >= 0.6 is 0 Å². The van der Waals surface area contributed by atoms with Crippen molar-refractivity contribution in [3.8, 4) is 0 Å². The Hall–Kier alpha value is -1.85. The zero-order valence-corrected chi connectivity index (χ0v) is 14.9. The van der Waals surface area contributed by atoms with Gasteiger partial charge in [0.2, 0.25) is 5.91 Å². The maximum atomic E-state index is 13.0. The minimum atomic E-state index is -0.831. The minimum absolute atomic E-state index is 0.00460. The van der Waals surface area contributed by atoms with Gasteiger partial charge in [-0.3, -0.25) is 14.4 Å². The number of nitrogens with one attached hydrogen (secondary N) is 1. The first-order valence-electron chi connectivity index (χ1n) is 9.29. The van der Waals surface area contributed by atoms with E-state index >= 15 is 0 Å². The molecule has 0 aromatic heterocycles. The van der Waals surface area contributed by atoms with Crippen LogP contribution in [0.4, 0.5) is 0 Å². The molecule has 2 aliphatic rings. The van der Waals surface area contributed by atoms with Crippen LogP contribution < -0.4 is 5.32 Å². The van der Waals surface area contributed by atoms with E-state index in [0.29, 0.717) is 51.4 Å². The highest BCUT2D eigenvalue weighted by atomic mass is 16.4. The summed E-state index contributed by atoms with van der Waals surface area (Å²) in [6, 6.07) is -0.00460. The third-order valence-electron chi connectivity index (χ3n) is 5.70. The topological polar surface area (TPSA) is 104 Å². The summed E-state index contributed by atoms with van der Waals surface area (Å²) in [6.45, 7) is 1.95. The number of amides is 1. The molecule has 1 unspecified atom stereocenters. The fourth-order valence-electron chi connectivity index (χ4n) is 4.10. The van der Waals surface area contributed by atoms with Crippen molar-refractivity contribution in [2.24, 2.45) is 17.3 Å². The van der Waals surface area contributed by atoms with Crippen molar-refractivity contribution < 1.29 is 24.6 Å². The Bertz CT molecular complexity index is 526. The Labute approximate surface area is 148 Å². The number of carbonyl (C=O) groups is 3. The number of rotatable bonds is 8. The molecule has 1 amide bonds. The Morgan fingerprint density at radius 3 is 2.20 bits per heavy atom. The van der Waals surface area contributed by atoms with Crippen molar-refractivity contribution >= 4 is 17.8 Å². The van der Waals surface area contributed by atoms with E-state index in [2.05, 4.69) is 5.32 Å². The van der Waals surface area contributed by atoms with Gasteiger partial charge < -0.3 is 15.5 Å². The van der Waals surface area contributed by atoms with Crippen molar-refractivity contribution in [2.45, 2.75) is 70.8 Å². The molecule has 0 heterocycles. The summed E-state index contributed by atoms with van der Waals surface area (Å²) >= 11 is 0. The first-order chi connectivity index (χ1) is 11.9. The van der Waals surface area contributed by atoms with Gasteiger partial charge in [-0.15, -0.1) is 0 Å². The molecule has 0 aromatic carbocycles. The molecular weight excluding hydrogens is 322 g/mol. The van der Waals surface area contributed by atoms with E-state index in [1.54, 1.807) is 0 Å². The average Bonchev–Trinajstić information content (AvgIpc) is 3.05. The summed E-state index contributed by atoms with van der Waals surface area (Å²) in [4.78, 5) is 35.5. The van der Waals surface area contributed by atoms with Gasteiger partial charge in [0.05, 0.1) is 17.3 Å². The van der Waals surface area contributed by atoms with E-state index in [0.717, 1.165) is 6.42 Å². The van der Waals surface area contributed by atoms with E-state index < -0.39 is 23.3 Å². The molecule has 1 saturated carbocycles. The number of hydrogen-bond donors (Lipinski definition) is 3. The SMILES string of the molecule is CCCC(CC1(C(=O)N[C@H]2CC[C@@H](C(=O)O)CC2)CC=CC1)C(=O)O. The van der Waals surface area contributed by atoms with E-state index in [1.165, 1.54) is 0 Å². The van der Waals surface area contributed by atoms with E-state index in [4.69, 9.17) is 5.11 Å². The summed E-state index contributed by atoms with van der Waals surface area (Å²) in [5.74, 6) is -2.47. The Balaban J connectivity index is 1.98. The molecule has 1 fully saturated rings. The highest BCUT2D eigenvalue weighted by molar-refractivity contribution is 5.84. The maximum absolute atomic E-state index is 13.0. The predicted octanol–water partition coefficient (Wildman–Crippen LogP) is 2.97. The summed E-state index contributed by atoms with van der Waals surface area (Å²) in [5, 5.41) is 21.6. The lowest BCUT2D eigenvalue weighted by Crippen LogP contribution is -2.47. The second-order valence-corrected chi connectivity index (χ2v) is 7.55. The average molecular weight is 351 g/mol. The lowest BCUT2D eigenvalue weighted by molar-refractivity contribution is -0.144. The van der Waals surface area contributed by atoms with Crippen LogP contribution in [0.5, 0.6) is 0 Å². The number of aliphatic carboxylic acids is 2. The third-order valence-corrected chi connectivity index (χ3v) is 5.70. The molecular formula is C19H29NO5. The Morgan fingerprint density at radius 1 is 1.12 bits per heavy atom. The van der Waals surface area contributed by atoms with Gasteiger partial charge >= 0.3 is 11.9 Å². The molecule has 0 aromatic rings. The quantitative estimate of drug-likeness (QED) is 0.583. The minimum Gasteiger partial charge on any atom is -0.481 e. The standard InChI is InChI=1S/C19H29NO5/c1-2-5-14(17(23)24)12-19(10-3-4-11-19)18(25)20-15-8-6-13(7-9-15)16(21)22/h3-4,13-15H,2,5-12H2,1H3,(H,20,25)(H,21,22)(H,23,24)/t13-,14?,15+. The third kappa shape index (κ3) is 4.83. The molecule has 0 radical (unpaired) electrons. The van der Waals surface area contributed by atoms with Crippen LogP contribution in [0.3, 0.4) is 0 Å². The molecule has 140 valence electrons. The maximum Gasteiger partial charge on any atom is 0.306 e. The van der Waals surface area contributed by atoms with Crippen LogP contribution in [0.1, 0.15) is 64.7 Å². The number of hydrogen-bond acceptors (Lipinski definition) is 3. The van der Waals surface area contributed by atoms with Crippen LogP contribution in [-0.2, 0) is 14.4 Å². The molecule has 6 heteroatoms. The molecule has 25 heavy (non-hydrogen) atoms. The number of carbonyl (C=O) groups excluding carboxylic acids is 1. The second kappa shape index (κ2) is 8.50. The predicted molar refractivity (Wildman–Crippen MR) is 93.0 cm³/mol. The summed E-state index contributed by atoms with van der Waals surface area (Å²) in [6.07, 6.45) is 9.31. The van der Waals surface area contributed by atoms with Crippen LogP contribution in [-0.4, -0.2) is 34.1 Å². The number of carboxylic acids is 2. The van der Waals surface area contributed by atoms with Crippen molar-refractivity contribution in [2.75, 3.05) is 0 Å². The van der Waals surface area contributed by atoms with E-state index in [1.807, 2.05) is 19.1 Å². The molecule has 2 rings (SSSR count). The van der Waals surface area contributed by atoms with E-state index in [-0.39, 0.29) is 17.9 Å². The van der Waals surface area contributed by atoms with Gasteiger partial charge in [0.1, 0.15) is 0 Å². The first kappa shape index (κ1) is 19.5. The van der Waals surface area contributed by atoms with Crippen molar-refractivity contribution in [1.82, 2.24) is 5.32 Å². The summed E-state index contributed by atoms with van der Waals surface area (Å²) in [7, 11) is 0. The molecule has 0 spiro atoms. The van der Waals surface area contributed by atoms with Crippen LogP contribution in [0.25, 0.3) is 0 Å². The zero-order valence-electron chi connectivity index (χ0n) is 14.9. The van der Waals surface area contributed by atoms with Crippen LogP contribution in [0.2, 0.25) is 0 Å². The Morgan fingerprint density at radius 2 is 1.72 bits per heavy atom. The number of allylic oxidation sites excluding steroid dienone is 2. The normalized spacial score (nSPS) is 26.1. The molecule has 0 bridgehead atoms. The highest BCUT2D eigenvalue weighted by Gasteiger charge is 2.43. The molecule has 3 N–H and O–H groups in total. The van der Waals surface area contributed by atoms with Crippen LogP contribution in [0.15, 0.2) is 12.2 Å². The van der Waals surface area contributed by atoms with Gasteiger partial charge in [0, 0.05) is 6.04 Å². The van der Waals surface area contributed by atoms with Gasteiger partial charge in [-0.25, -0.2) is 0 Å². The fourth-order valence-corrected chi connectivity index (χ4v) is 4.10. The van der Waals surface area contributed by atoms with Crippen molar-refractivity contribution in [3.05, 3.63) is 12.2 Å². The van der Waals surface area contributed by atoms with Crippen LogP contribution in [0, 0.1) is 17.3 Å². The molecule has 6 nitrogen and oxygen atoms in total. The van der Waals surface area contributed by atoms with Gasteiger partial charge in [-0.05, 0) is 51.4 Å². The second-order valence-electron chi connectivity index (χ2n) is 7.55. The first-order valence-corrected chi connectivity index (χ1v) is 9.29. The van der Waals surface area contributed by atoms with Gasteiger partial charge in [-0.2, -0.15) is 0 Å². The monoisotopic (exact) mass is 351 g/mol. The lowest BCUT2D eigenvalue weighted by atomic mass is 9.74. The lowest BCUT2D eigenvalue weighted by Gasteiger charge is -2.34. The van der Waals surface area contributed by atoms with Gasteiger partial charge in [-0.1, -0.05) is 25.5 Å². The number of carboxylic acid groups (broad SMARTS) is 2. The fraction of sp³-hybridized carbons (Fsp3) is 0.737. The van der Waals surface area contributed by atoms with Gasteiger partial charge in [0.25, 0.3) is 0 Å².